The van der Waals surface area contributed by atoms with E-state index in [2.05, 4.69) is 5.32 Å². The average molecular weight is 404 g/mol. The highest BCUT2D eigenvalue weighted by molar-refractivity contribution is 7.89. The van der Waals surface area contributed by atoms with E-state index in [-0.39, 0.29) is 10.8 Å². The Labute approximate surface area is 165 Å². The van der Waals surface area contributed by atoms with Crippen LogP contribution < -0.4 is 14.8 Å². The molecule has 2 aromatic rings. The van der Waals surface area contributed by atoms with Gasteiger partial charge in [-0.05, 0) is 43.5 Å². The fourth-order valence-corrected chi connectivity index (χ4v) is 5.00. The predicted octanol–water partition coefficient (Wildman–Crippen LogP) is 2.80. The van der Waals surface area contributed by atoms with Gasteiger partial charge in [0, 0.05) is 18.3 Å². The number of benzene rings is 2. The van der Waals surface area contributed by atoms with Crippen LogP contribution in [-0.2, 0) is 14.8 Å². The largest absolute Gasteiger partial charge is 0.493 e. The monoisotopic (exact) mass is 404 g/mol. The molecule has 1 saturated heterocycles. The van der Waals surface area contributed by atoms with Gasteiger partial charge in [-0.15, -0.1) is 0 Å². The van der Waals surface area contributed by atoms with Gasteiger partial charge in [-0.25, -0.2) is 8.42 Å². The highest BCUT2D eigenvalue weighted by atomic mass is 32.2. The summed E-state index contributed by atoms with van der Waals surface area (Å²) in [5.74, 6) is 0.441. The summed E-state index contributed by atoms with van der Waals surface area (Å²) in [7, 11) is -0.924. The van der Waals surface area contributed by atoms with E-state index >= 15 is 0 Å². The smallest absolute Gasteiger partial charge is 0.243 e. The maximum Gasteiger partial charge on any atom is 0.243 e. The average Bonchev–Trinajstić information content (AvgIpc) is 3.20. The summed E-state index contributed by atoms with van der Waals surface area (Å²) >= 11 is 0. The first-order chi connectivity index (χ1) is 13.4. The van der Waals surface area contributed by atoms with Gasteiger partial charge in [-0.1, -0.05) is 18.2 Å². The number of para-hydroxylation sites is 1. The van der Waals surface area contributed by atoms with Crippen LogP contribution in [0, 0.1) is 6.92 Å². The summed E-state index contributed by atoms with van der Waals surface area (Å²) < 4.78 is 38.0. The summed E-state index contributed by atoms with van der Waals surface area (Å²) in [4.78, 5) is 12.9. The molecule has 1 heterocycles. The molecular weight excluding hydrogens is 380 g/mol. The first kappa shape index (κ1) is 20.2. The highest BCUT2D eigenvalue weighted by Gasteiger charge is 2.39. The molecule has 0 aromatic heterocycles. The minimum Gasteiger partial charge on any atom is -0.493 e. The number of aryl methyl sites for hydroxylation is 1. The molecule has 1 aliphatic rings. The highest BCUT2D eigenvalue weighted by Crippen LogP contribution is 2.33. The fraction of sp³-hybridized carbons (Fsp3) is 0.350. The fourth-order valence-electron chi connectivity index (χ4n) is 3.33. The molecular formula is C20H24N2O5S. The lowest BCUT2D eigenvalue weighted by atomic mass is 10.1. The Morgan fingerprint density at radius 3 is 2.50 bits per heavy atom. The number of carbonyl (C=O) groups excluding carboxylic acids is 1. The van der Waals surface area contributed by atoms with Gasteiger partial charge < -0.3 is 14.8 Å². The van der Waals surface area contributed by atoms with Crippen molar-refractivity contribution in [2.24, 2.45) is 0 Å². The number of nitrogens with zero attached hydrogens (tertiary/aromatic N) is 1. The minimum absolute atomic E-state index is 0.0701. The van der Waals surface area contributed by atoms with Gasteiger partial charge in [-0.3, -0.25) is 4.79 Å². The number of ether oxygens (including phenoxy) is 2. The molecule has 1 aliphatic heterocycles. The van der Waals surface area contributed by atoms with Crippen molar-refractivity contribution in [2.45, 2.75) is 30.7 Å². The van der Waals surface area contributed by atoms with Gasteiger partial charge >= 0.3 is 0 Å². The molecule has 7 nitrogen and oxygen atoms in total. The Bertz CT molecular complexity index is 974. The van der Waals surface area contributed by atoms with Crippen molar-refractivity contribution in [3.05, 3.63) is 48.0 Å². The maximum atomic E-state index is 13.2. The van der Waals surface area contributed by atoms with Crippen LogP contribution in [0.15, 0.2) is 47.4 Å². The van der Waals surface area contributed by atoms with Crippen LogP contribution in [0.2, 0.25) is 0 Å². The molecule has 3 rings (SSSR count). The number of hydrogen-bond donors (Lipinski definition) is 1. The van der Waals surface area contributed by atoms with Gasteiger partial charge in [0.25, 0.3) is 0 Å². The third kappa shape index (κ3) is 3.83. The van der Waals surface area contributed by atoms with Crippen molar-refractivity contribution in [3.8, 4) is 11.5 Å². The number of carbonyl (C=O) groups is 1. The second-order valence-corrected chi connectivity index (χ2v) is 8.49. The van der Waals surface area contributed by atoms with Crippen LogP contribution in [0.25, 0.3) is 0 Å². The van der Waals surface area contributed by atoms with Crippen molar-refractivity contribution in [1.29, 1.82) is 0 Å². The number of hydrogen-bond acceptors (Lipinski definition) is 5. The first-order valence-electron chi connectivity index (χ1n) is 8.99. The zero-order valence-electron chi connectivity index (χ0n) is 16.1. The van der Waals surface area contributed by atoms with Crippen LogP contribution in [0.1, 0.15) is 18.4 Å². The molecule has 0 spiro atoms. The van der Waals surface area contributed by atoms with Crippen molar-refractivity contribution < 1.29 is 22.7 Å². The van der Waals surface area contributed by atoms with Gasteiger partial charge in [0.1, 0.15) is 6.04 Å². The molecule has 0 unspecified atom stereocenters. The standard InChI is InChI=1S/C20H24N2O5S/c1-14-7-4-5-8-16(14)21-20(23)17-9-6-12-22(17)28(24,25)15-10-11-18(26-2)19(13-15)27-3/h4-5,7-8,10-11,13,17H,6,9,12H2,1-3H3,(H,21,23)/t17-/m1/s1. The molecule has 1 fully saturated rings. The van der Waals surface area contributed by atoms with E-state index in [4.69, 9.17) is 9.47 Å². The van der Waals surface area contributed by atoms with Crippen molar-refractivity contribution in [2.75, 3.05) is 26.1 Å². The molecule has 0 radical (unpaired) electrons. The Hall–Kier alpha value is -2.58. The van der Waals surface area contributed by atoms with E-state index in [1.165, 1.54) is 30.7 Å². The Morgan fingerprint density at radius 1 is 1.11 bits per heavy atom. The lowest BCUT2D eigenvalue weighted by Gasteiger charge is -2.24. The van der Waals surface area contributed by atoms with E-state index < -0.39 is 16.1 Å². The second kappa shape index (κ2) is 8.20. The Kier molecular flexibility index (Phi) is 5.90. The lowest BCUT2D eigenvalue weighted by Crippen LogP contribution is -2.43. The van der Waals surface area contributed by atoms with Crippen LogP contribution in [-0.4, -0.2) is 45.4 Å². The van der Waals surface area contributed by atoms with Gasteiger partial charge in [0.05, 0.1) is 19.1 Å². The normalized spacial score (nSPS) is 17.3. The van der Waals surface area contributed by atoms with Crippen molar-refractivity contribution in [3.63, 3.8) is 0 Å². The maximum absolute atomic E-state index is 13.2. The number of anilines is 1. The first-order valence-corrected chi connectivity index (χ1v) is 10.4. The number of methoxy groups -OCH3 is 2. The third-order valence-electron chi connectivity index (χ3n) is 4.87. The van der Waals surface area contributed by atoms with Gasteiger partial charge in [-0.2, -0.15) is 4.31 Å². The predicted molar refractivity (Wildman–Crippen MR) is 106 cm³/mol. The van der Waals surface area contributed by atoms with Crippen LogP contribution >= 0.6 is 0 Å². The van der Waals surface area contributed by atoms with E-state index in [0.717, 1.165) is 5.56 Å². The van der Waals surface area contributed by atoms with Crippen molar-refractivity contribution in [1.82, 2.24) is 4.31 Å². The number of sulfonamides is 1. The lowest BCUT2D eigenvalue weighted by molar-refractivity contribution is -0.119. The molecule has 2 aromatic carbocycles. The summed E-state index contributed by atoms with van der Waals surface area (Å²) in [5.41, 5.74) is 1.60. The quantitative estimate of drug-likeness (QED) is 0.800. The summed E-state index contributed by atoms with van der Waals surface area (Å²) in [6.45, 7) is 2.19. The van der Waals surface area contributed by atoms with E-state index in [1.807, 2.05) is 25.1 Å². The Morgan fingerprint density at radius 2 is 1.82 bits per heavy atom. The van der Waals surface area contributed by atoms with Crippen LogP contribution in [0.4, 0.5) is 5.69 Å². The van der Waals surface area contributed by atoms with Crippen molar-refractivity contribution >= 4 is 21.6 Å². The number of rotatable bonds is 6. The topological polar surface area (TPSA) is 84.9 Å². The van der Waals surface area contributed by atoms with E-state index in [1.54, 1.807) is 12.1 Å². The zero-order valence-corrected chi connectivity index (χ0v) is 17.0. The number of amides is 1. The van der Waals surface area contributed by atoms with Crippen LogP contribution in [0.5, 0.6) is 11.5 Å². The minimum atomic E-state index is -3.86. The second-order valence-electron chi connectivity index (χ2n) is 6.59. The van der Waals surface area contributed by atoms with E-state index in [9.17, 15) is 13.2 Å². The summed E-state index contributed by atoms with van der Waals surface area (Å²) in [6.07, 6.45) is 1.10. The molecule has 1 amide bonds. The zero-order chi connectivity index (χ0) is 20.3. The molecule has 1 N–H and O–H groups in total. The molecule has 0 saturated carbocycles. The summed E-state index contributed by atoms with van der Waals surface area (Å²) in [6, 6.07) is 11.1. The molecule has 0 bridgehead atoms. The molecule has 1 atom stereocenters. The van der Waals surface area contributed by atoms with Gasteiger partial charge in [0.15, 0.2) is 11.5 Å². The molecule has 0 aliphatic carbocycles. The Balaban J connectivity index is 1.87. The summed E-state index contributed by atoms with van der Waals surface area (Å²) in [5, 5.41) is 2.86. The van der Waals surface area contributed by atoms with E-state index in [0.29, 0.717) is 36.6 Å². The van der Waals surface area contributed by atoms with Gasteiger partial charge in [0.2, 0.25) is 15.9 Å². The van der Waals surface area contributed by atoms with Crippen LogP contribution in [0.3, 0.4) is 0 Å². The SMILES string of the molecule is COc1ccc(S(=O)(=O)N2CCC[C@@H]2C(=O)Nc2ccccc2C)cc1OC. The molecule has 28 heavy (non-hydrogen) atoms. The molecule has 150 valence electrons. The number of nitrogens with one attached hydrogen (secondary N) is 1. The molecule has 8 heteroatoms. The third-order valence-corrected chi connectivity index (χ3v) is 6.78.